The van der Waals surface area contributed by atoms with Crippen LogP contribution in [0.5, 0.6) is 0 Å². The number of rotatable bonds is 7. The number of nitrogens with zero attached hydrogens (tertiary/aromatic N) is 2. The van der Waals surface area contributed by atoms with Gasteiger partial charge in [-0.15, -0.1) is 0 Å². The van der Waals surface area contributed by atoms with Crippen LogP contribution in [-0.2, 0) is 11.2 Å². The van der Waals surface area contributed by atoms with Gasteiger partial charge in [0.15, 0.2) is 0 Å². The first-order valence-electron chi connectivity index (χ1n) is 7.25. The molecule has 1 fully saturated rings. The second kappa shape index (κ2) is 7.28. The average Bonchev–Trinajstić information content (AvgIpc) is 2.90. The number of nitrogens with one attached hydrogen (secondary N) is 2. The molecule has 0 amide bonds. The summed E-state index contributed by atoms with van der Waals surface area (Å²) in [4.78, 5) is 9.07. The fourth-order valence-corrected chi connectivity index (χ4v) is 2.19. The van der Waals surface area contributed by atoms with Crippen LogP contribution in [0.25, 0.3) is 0 Å². The third-order valence-corrected chi connectivity index (χ3v) is 3.20. The first-order valence-corrected chi connectivity index (χ1v) is 7.25. The molecule has 1 saturated heterocycles. The summed E-state index contributed by atoms with van der Waals surface area (Å²) in [6.45, 7) is 7.77. The van der Waals surface area contributed by atoms with Crippen LogP contribution in [0.4, 0.5) is 11.6 Å². The maximum Gasteiger partial charge on any atom is 0.133 e. The van der Waals surface area contributed by atoms with Crippen molar-refractivity contribution in [3.63, 3.8) is 0 Å². The van der Waals surface area contributed by atoms with Crippen molar-refractivity contribution in [2.45, 2.75) is 33.1 Å². The minimum absolute atomic E-state index is 0.604. The summed E-state index contributed by atoms with van der Waals surface area (Å²) in [5.74, 6) is 3.34. The van der Waals surface area contributed by atoms with Crippen molar-refractivity contribution < 1.29 is 4.74 Å². The fraction of sp³-hybridized carbons (Fsp3) is 0.714. The molecule has 1 aliphatic rings. The first-order chi connectivity index (χ1) is 9.31. The Balaban J connectivity index is 1.99. The third-order valence-electron chi connectivity index (χ3n) is 3.20. The van der Waals surface area contributed by atoms with Gasteiger partial charge in [-0.25, -0.2) is 9.97 Å². The predicted molar refractivity (Wildman–Crippen MR) is 77.6 cm³/mol. The van der Waals surface area contributed by atoms with Gasteiger partial charge in [-0.05, 0) is 19.8 Å². The highest BCUT2D eigenvalue weighted by Crippen LogP contribution is 2.16. The molecule has 1 unspecified atom stereocenters. The normalized spacial score (nSPS) is 18.5. The molecule has 1 aliphatic heterocycles. The molecule has 0 aliphatic carbocycles. The van der Waals surface area contributed by atoms with Gasteiger partial charge < -0.3 is 15.4 Å². The van der Waals surface area contributed by atoms with E-state index in [-0.39, 0.29) is 0 Å². The van der Waals surface area contributed by atoms with Gasteiger partial charge >= 0.3 is 0 Å². The van der Waals surface area contributed by atoms with Crippen LogP contribution >= 0.6 is 0 Å². The molecule has 1 aromatic heterocycles. The number of aromatic nitrogens is 2. The van der Waals surface area contributed by atoms with E-state index >= 15 is 0 Å². The van der Waals surface area contributed by atoms with Gasteiger partial charge in [0.05, 0.1) is 6.61 Å². The zero-order valence-corrected chi connectivity index (χ0v) is 11.9. The highest BCUT2D eigenvalue weighted by atomic mass is 16.5. The topological polar surface area (TPSA) is 59.1 Å². The molecule has 0 radical (unpaired) electrons. The Kier molecular flexibility index (Phi) is 5.39. The quantitative estimate of drug-likeness (QED) is 0.791. The lowest BCUT2D eigenvalue weighted by molar-refractivity contribution is 0.187. The van der Waals surface area contributed by atoms with Crippen molar-refractivity contribution in [3.8, 4) is 0 Å². The summed E-state index contributed by atoms with van der Waals surface area (Å²) in [5.41, 5.74) is 0. The molecule has 1 aromatic rings. The lowest BCUT2D eigenvalue weighted by Gasteiger charge is -2.12. The summed E-state index contributed by atoms with van der Waals surface area (Å²) in [5, 5.41) is 6.67. The van der Waals surface area contributed by atoms with Gasteiger partial charge in [-0.2, -0.15) is 0 Å². The molecule has 106 valence electrons. The van der Waals surface area contributed by atoms with E-state index in [9.17, 15) is 0 Å². The van der Waals surface area contributed by atoms with E-state index in [2.05, 4.69) is 34.4 Å². The summed E-state index contributed by atoms with van der Waals surface area (Å²) in [6.07, 6.45) is 3.12. The standard InChI is InChI=1S/C14H24N4O/c1-3-5-12-17-13(15-4-2)8-14(18-12)16-9-11-6-7-19-10-11/h8,11H,3-7,9-10H2,1-2H3,(H2,15,16,17,18). The second-order valence-electron chi connectivity index (χ2n) is 4.95. The van der Waals surface area contributed by atoms with E-state index in [0.717, 1.165) is 63.0 Å². The maximum absolute atomic E-state index is 5.39. The summed E-state index contributed by atoms with van der Waals surface area (Å²) < 4.78 is 5.39. The van der Waals surface area contributed by atoms with Gasteiger partial charge in [0.25, 0.3) is 0 Å². The maximum atomic E-state index is 5.39. The molecular weight excluding hydrogens is 240 g/mol. The van der Waals surface area contributed by atoms with Crippen molar-refractivity contribution in [1.29, 1.82) is 0 Å². The molecule has 0 spiro atoms. The lowest BCUT2D eigenvalue weighted by atomic mass is 10.1. The minimum atomic E-state index is 0.604. The molecule has 5 nitrogen and oxygen atoms in total. The molecule has 5 heteroatoms. The van der Waals surface area contributed by atoms with Crippen LogP contribution in [0.3, 0.4) is 0 Å². The third kappa shape index (κ3) is 4.35. The van der Waals surface area contributed by atoms with Crippen LogP contribution in [0.15, 0.2) is 6.07 Å². The van der Waals surface area contributed by atoms with Gasteiger partial charge in [-0.3, -0.25) is 0 Å². The Morgan fingerprint density at radius 3 is 2.68 bits per heavy atom. The molecule has 2 rings (SSSR count). The largest absolute Gasteiger partial charge is 0.381 e. The summed E-state index contributed by atoms with van der Waals surface area (Å²) in [6, 6.07) is 1.98. The average molecular weight is 264 g/mol. The zero-order valence-electron chi connectivity index (χ0n) is 11.9. The number of aryl methyl sites for hydroxylation is 1. The van der Waals surface area contributed by atoms with E-state index in [1.54, 1.807) is 0 Å². The Morgan fingerprint density at radius 2 is 2.05 bits per heavy atom. The highest BCUT2D eigenvalue weighted by molar-refractivity contribution is 5.47. The minimum Gasteiger partial charge on any atom is -0.381 e. The van der Waals surface area contributed by atoms with E-state index in [0.29, 0.717) is 5.92 Å². The van der Waals surface area contributed by atoms with Gasteiger partial charge in [0.1, 0.15) is 17.5 Å². The molecule has 1 atom stereocenters. The van der Waals surface area contributed by atoms with E-state index in [4.69, 9.17) is 4.74 Å². The van der Waals surface area contributed by atoms with Gasteiger partial charge in [0, 0.05) is 38.1 Å². The SMILES string of the molecule is CCCc1nc(NCC)cc(NCC2CCOC2)n1. The molecule has 2 N–H and O–H groups in total. The molecule has 2 heterocycles. The molecule has 0 bridgehead atoms. The van der Waals surface area contributed by atoms with Crippen LogP contribution in [0.2, 0.25) is 0 Å². The number of ether oxygens (including phenoxy) is 1. The fourth-order valence-electron chi connectivity index (χ4n) is 2.19. The van der Waals surface area contributed by atoms with Crippen molar-refractivity contribution >= 4 is 11.6 Å². The molecule has 0 saturated carbocycles. The van der Waals surface area contributed by atoms with Crippen molar-refractivity contribution in [2.24, 2.45) is 5.92 Å². The van der Waals surface area contributed by atoms with Crippen LogP contribution in [0, 0.1) is 5.92 Å². The van der Waals surface area contributed by atoms with Gasteiger partial charge in [-0.1, -0.05) is 6.92 Å². The Hall–Kier alpha value is -1.36. The Labute approximate surface area is 115 Å². The monoisotopic (exact) mass is 264 g/mol. The van der Waals surface area contributed by atoms with Crippen molar-refractivity contribution in [3.05, 3.63) is 11.9 Å². The highest BCUT2D eigenvalue weighted by Gasteiger charge is 2.15. The Morgan fingerprint density at radius 1 is 1.26 bits per heavy atom. The number of anilines is 2. The van der Waals surface area contributed by atoms with Crippen LogP contribution < -0.4 is 10.6 Å². The lowest BCUT2D eigenvalue weighted by Crippen LogP contribution is -2.16. The van der Waals surface area contributed by atoms with E-state index in [1.807, 2.05) is 6.07 Å². The molecule has 19 heavy (non-hydrogen) atoms. The number of hydrogen-bond acceptors (Lipinski definition) is 5. The molecule has 0 aromatic carbocycles. The van der Waals surface area contributed by atoms with Crippen LogP contribution in [0.1, 0.15) is 32.5 Å². The first kappa shape index (κ1) is 14.1. The Bertz CT molecular complexity index is 367. The van der Waals surface area contributed by atoms with Crippen molar-refractivity contribution in [2.75, 3.05) is 36.9 Å². The smallest absolute Gasteiger partial charge is 0.133 e. The predicted octanol–water partition coefficient (Wildman–Crippen LogP) is 2.31. The summed E-state index contributed by atoms with van der Waals surface area (Å²) in [7, 11) is 0. The number of hydrogen-bond donors (Lipinski definition) is 2. The van der Waals surface area contributed by atoms with E-state index in [1.165, 1.54) is 0 Å². The van der Waals surface area contributed by atoms with Crippen LogP contribution in [-0.4, -0.2) is 36.3 Å². The second-order valence-corrected chi connectivity index (χ2v) is 4.95. The van der Waals surface area contributed by atoms with Crippen molar-refractivity contribution in [1.82, 2.24) is 9.97 Å². The van der Waals surface area contributed by atoms with E-state index < -0.39 is 0 Å². The zero-order chi connectivity index (χ0) is 13.5. The molecular formula is C14H24N4O. The summed E-state index contributed by atoms with van der Waals surface area (Å²) >= 11 is 0. The van der Waals surface area contributed by atoms with Gasteiger partial charge in [0.2, 0.25) is 0 Å².